The summed E-state index contributed by atoms with van der Waals surface area (Å²) in [4.78, 5) is 15.8. The third kappa shape index (κ3) is 3.07. The van der Waals surface area contributed by atoms with Crippen molar-refractivity contribution >= 4 is 11.6 Å². The Morgan fingerprint density at radius 1 is 1.23 bits per heavy atom. The maximum absolute atomic E-state index is 12.9. The predicted octanol–water partition coefficient (Wildman–Crippen LogP) is 2.66. The average molecular weight is 320 g/mol. The molecule has 0 bridgehead atoms. The van der Waals surface area contributed by atoms with Gasteiger partial charge >= 0.3 is 5.76 Å². The van der Waals surface area contributed by atoms with Crippen LogP contribution >= 0.6 is 11.6 Å². The molecule has 0 saturated carbocycles. The van der Waals surface area contributed by atoms with E-state index in [0.717, 1.165) is 5.56 Å². The van der Waals surface area contributed by atoms with Gasteiger partial charge < -0.3 is 0 Å². The van der Waals surface area contributed by atoms with Crippen molar-refractivity contribution in [2.24, 2.45) is 0 Å². The molecule has 0 fully saturated rings. The van der Waals surface area contributed by atoms with E-state index < -0.39 is 5.76 Å². The van der Waals surface area contributed by atoms with E-state index in [4.69, 9.17) is 16.1 Å². The highest BCUT2D eigenvalue weighted by atomic mass is 35.5. The molecule has 0 atom stereocenters. The summed E-state index contributed by atoms with van der Waals surface area (Å²) < 4.78 is 19.0. The van der Waals surface area contributed by atoms with Crippen molar-refractivity contribution < 1.29 is 8.91 Å². The molecule has 0 radical (unpaired) electrons. The molecule has 0 saturated heterocycles. The Balaban J connectivity index is 1.89. The summed E-state index contributed by atoms with van der Waals surface area (Å²) in [6.07, 6.45) is 1.92. The minimum Gasteiger partial charge on any atom is -0.296 e. The van der Waals surface area contributed by atoms with E-state index in [-0.39, 0.29) is 12.4 Å². The second-order valence-electron chi connectivity index (χ2n) is 4.71. The third-order valence-electron chi connectivity index (χ3n) is 3.20. The average Bonchev–Trinajstić information content (AvgIpc) is 2.85. The SMILES string of the molecule is O=c1onc(Cc2ccc(F)cc2)n1Cc1cccnc1Cl. The van der Waals surface area contributed by atoms with Crippen molar-refractivity contribution in [3.8, 4) is 0 Å². The molecule has 0 aliphatic heterocycles. The number of aromatic nitrogens is 3. The Morgan fingerprint density at radius 2 is 2.00 bits per heavy atom. The smallest absolute Gasteiger partial charge is 0.296 e. The minimum absolute atomic E-state index is 0.214. The highest BCUT2D eigenvalue weighted by Crippen LogP contribution is 2.14. The lowest BCUT2D eigenvalue weighted by atomic mass is 10.1. The monoisotopic (exact) mass is 319 g/mol. The second-order valence-corrected chi connectivity index (χ2v) is 5.07. The molecule has 0 aliphatic carbocycles. The number of pyridine rings is 1. The lowest BCUT2D eigenvalue weighted by Crippen LogP contribution is -2.18. The van der Waals surface area contributed by atoms with E-state index in [1.165, 1.54) is 16.7 Å². The van der Waals surface area contributed by atoms with E-state index in [9.17, 15) is 9.18 Å². The van der Waals surface area contributed by atoms with Gasteiger partial charge in [-0.15, -0.1) is 0 Å². The summed E-state index contributed by atoms with van der Waals surface area (Å²) in [5, 5.41) is 4.10. The van der Waals surface area contributed by atoms with Crippen molar-refractivity contribution in [3.63, 3.8) is 0 Å². The van der Waals surface area contributed by atoms with E-state index in [1.807, 2.05) is 0 Å². The second kappa shape index (κ2) is 6.11. The van der Waals surface area contributed by atoms with Crippen LogP contribution in [0.15, 0.2) is 51.9 Å². The van der Waals surface area contributed by atoms with E-state index in [1.54, 1.807) is 30.5 Å². The van der Waals surface area contributed by atoms with Crippen molar-refractivity contribution in [3.05, 3.63) is 81.1 Å². The summed E-state index contributed by atoms with van der Waals surface area (Å²) in [6, 6.07) is 9.49. The Labute approximate surface area is 130 Å². The first-order valence-electron chi connectivity index (χ1n) is 6.53. The van der Waals surface area contributed by atoms with Gasteiger partial charge in [0.2, 0.25) is 0 Å². The zero-order valence-corrected chi connectivity index (χ0v) is 12.1. The molecule has 0 spiro atoms. The molecule has 1 aromatic carbocycles. The standard InChI is InChI=1S/C15H11ClFN3O2/c16-14-11(2-1-7-18-14)9-20-13(19-22-15(20)21)8-10-3-5-12(17)6-4-10/h1-7H,8-9H2. The molecular weight excluding hydrogens is 309 g/mol. The van der Waals surface area contributed by atoms with Crippen LogP contribution in [-0.2, 0) is 13.0 Å². The summed E-state index contributed by atoms with van der Waals surface area (Å²) in [5.41, 5.74) is 1.51. The molecule has 3 rings (SSSR count). The van der Waals surface area contributed by atoms with Gasteiger partial charge in [-0.25, -0.2) is 14.2 Å². The fourth-order valence-corrected chi connectivity index (χ4v) is 2.25. The maximum atomic E-state index is 12.9. The highest BCUT2D eigenvalue weighted by Gasteiger charge is 2.13. The number of nitrogens with zero attached hydrogens (tertiary/aromatic N) is 3. The van der Waals surface area contributed by atoms with Gasteiger partial charge in [-0.05, 0) is 23.8 Å². The molecule has 0 unspecified atom stereocenters. The summed E-state index contributed by atoms with van der Waals surface area (Å²) in [7, 11) is 0. The number of benzene rings is 1. The first kappa shape index (κ1) is 14.5. The van der Waals surface area contributed by atoms with Crippen LogP contribution < -0.4 is 5.76 Å². The van der Waals surface area contributed by atoms with Crippen LogP contribution in [0, 0.1) is 5.82 Å². The van der Waals surface area contributed by atoms with Gasteiger partial charge in [0.25, 0.3) is 0 Å². The number of hydrogen-bond acceptors (Lipinski definition) is 4. The Bertz CT molecular complexity index is 842. The van der Waals surface area contributed by atoms with Crippen molar-refractivity contribution in [1.29, 1.82) is 0 Å². The zero-order chi connectivity index (χ0) is 15.5. The highest BCUT2D eigenvalue weighted by molar-refractivity contribution is 6.30. The molecular formula is C15H11ClFN3O2. The van der Waals surface area contributed by atoms with Gasteiger partial charge in [-0.1, -0.05) is 35.0 Å². The van der Waals surface area contributed by atoms with Crippen LogP contribution in [0.5, 0.6) is 0 Å². The van der Waals surface area contributed by atoms with Crippen LogP contribution in [0.2, 0.25) is 5.15 Å². The van der Waals surface area contributed by atoms with E-state index in [0.29, 0.717) is 23.0 Å². The largest absolute Gasteiger partial charge is 0.441 e. The molecule has 112 valence electrons. The molecule has 5 nitrogen and oxygen atoms in total. The molecule has 22 heavy (non-hydrogen) atoms. The van der Waals surface area contributed by atoms with Crippen LogP contribution in [0.3, 0.4) is 0 Å². The van der Waals surface area contributed by atoms with E-state index in [2.05, 4.69) is 10.1 Å². The lowest BCUT2D eigenvalue weighted by molar-refractivity contribution is 0.375. The van der Waals surface area contributed by atoms with Crippen LogP contribution in [0.25, 0.3) is 0 Å². The molecule has 0 amide bonds. The number of rotatable bonds is 4. The third-order valence-corrected chi connectivity index (χ3v) is 3.54. The number of hydrogen-bond donors (Lipinski definition) is 0. The Kier molecular flexibility index (Phi) is 4.02. The maximum Gasteiger partial charge on any atom is 0.441 e. The Hall–Kier alpha value is -2.47. The first-order valence-corrected chi connectivity index (χ1v) is 6.90. The molecule has 3 aromatic rings. The van der Waals surface area contributed by atoms with Gasteiger partial charge in [-0.3, -0.25) is 9.09 Å². The topological polar surface area (TPSA) is 60.9 Å². The first-order chi connectivity index (χ1) is 10.6. The fourth-order valence-electron chi connectivity index (χ4n) is 2.07. The molecule has 2 heterocycles. The van der Waals surface area contributed by atoms with Crippen LogP contribution in [0.4, 0.5) is 4.39 Å². The van der Waals surface area contributed by atoms with Gasteiger partial charge in [0.15, 0.2) is 5.82 Å². The van der Waals surface area contributed by atoms with Gasteiger partial charge in [0, 0.05) is 18.2 Å². The van der Waals surface area contributed by atoms with Gasteiger partial charge in [-0.2, -0.15) is 0 Å². The molecule has 2 aromatic heterocycles. The van der Waals surface area contributed by atoms with Crippen molar-refractivity contribution in [1.82, 2.24) is 14.7 Å². The minimum atomic E-state index is -0.572. The molecule has 0 aliphatic rings. The van der Waals surface area contributed by atoms with Crippen molar-refractivity contribution in [2.75, 3.05) is 0 Å². The summed E-state index contributed by atoms with van der Waals surface area (Å²) in [5.74, 6) is -0.447. The quantitative estimate of drug-likeness (QED) is 0.694. The molecule has 7 heteroatoms. The van der Waals surface area contributed by atoms with Crippen molar-refractivity contribution in [2.45, 2.75) is 13.0 Å². The lowest BCUT2D eigenvalue weighted by Gasteiger charge is -2.06. The molecule has 0 N–H and O–H groups in total. The normalized spacial score (nSPS) is 10.8. The number of halogens is 2. The summed E-state index contributed by atoms with van der Waals surface area (Å²) >= 11 is 6.00. The summed E-state index contributed by atoms with van der Waals surface area (Å²) in [6.45, 7) is 0.214. The van der Waals surface area contributed by atoms with Crippen LogP contribution in [0.1, 0.15) is 17.0 Å². The Morgan fingerprint density at radius 3 is 2.73 bits per heavy atom. The van der Waals surface area contributed by atoms with Crippen LogP contribution in [-0.4, -0.2) is 14.7 Å². The van der Waals surface area contributed by atoms with Gasteiger partial charge in [0.1, 0.15) is 11.0 Å². The van der Waals surface area contributed by atoms with Gasteiger partial charge in [0.05, 0.1) is 6.54 Å². The fraction of sp³-hybridized carbons (Fsp3) is 0.133. The van der Waals surface area contributed by atoms with E-state index >= 15 is 0 Å². The zero-order valence-electron chi connectivity index (χ0n) is 11.4. The predicted molar refractivity (Wildman–Crippen MR) is 78.3 cm³/mol.